The lowest BCUT2D eigenvalue weighted by molar-refractivity contribution is 0.316. The van der Waals surface area contributed by atoms with Gasteiger partial charge in [-0.25, -0.2) is 4.39 Å². The van der Waals surface area contributed by atoms with Crippen LogP contribution in [0.4, 0.5) is 10.1 Å². The van der Waals surface area contributed by atoms with E-state index in [0.717, 1.165) is 0 Å². The lowest BCUT2D eigenvalue weighted by Gasteiger charge is -2.14. The third kappa shape index (κ3) is 2.75. The van der Waals surface area contributed by atoms with Gasteiger partial charge in [0, 0.05) is 11.8 Å². The van der Waals surface area contributed by atoms with Gasteiger partial charge >= 0.3 is 0 Å². The van der Waals surface area contributed by atoms with Gasteiger partial charge < -0.3 is 21.0 Å². The van der Waals surface area contributed by atoms with Crippen LogP contribution >= 0.6 is 0 Å². The Morgan fingerprint density at radius 1 is 1.62 bits per heavy atom. The summed E-state index contributed by atoms with van der Waals surface area (Å²) < 4.78 is 17.9. The highest BCUT2D eigenvalue weighted by Crippen LogP contribution is 2.21. The first-order valence-electron chi connectivity index (χ1n) is 4.66. The summed E-state index contributed by atoms with van der Waals surface area (Å²) in [7, 11) is 1.38. The van der Waals surface area contributed by atoms with Crippen molar-refractivity contribution in [2.75, 3.05) is 12.4 Å². The Labute approximate surface area is 92.7 Å². The molecule has 1 aromatic carbocycles. The monoisotopic (exact) mass is 227 g/mol. The van der Waals surface area contributed by atoms with Gasteiger partial charge in [0.2, 0.25) is 0 Å². The largest absolute Gasteiger partial charge is 0.494 e. The molecule has 0 amide bonds. The van der Waals surface area contributed by atoms with E-state index in [-0.39, 0.29) is 17.6 Å². The van der Waals surface area contributed by atoms with Gasteiger partial charge in [-0.3, -0.25) is 0 Å². The molecule has 0 bridgehead atoms. The maximum absolute atomic E-state index is 13.1. The zero-order valence-electron chi connectivity index (χ0n) is 9.07. The number of amidine groups is 1. The Kier molecular flexibility index (Phi) is 3.93. The summed E-state index contributed by atoms with van der Waals surface area (Å²) >= 11 is 0. The molecule has 0 spiro atoms. The molecule has 0 heterocycles. The number of hydrogen-bond donors (Lipinski definition) is 3. The Morgan fingerprint density at radius 2 is 2.31 bits per heavy atom. The summed E-state index contributed by atoms with van der Waals surface area (Å²) in [6.45, 7) is 1.71. The molecule has 0 aliphatic heterocycles. The SMILES string of the molecule is COc1cc(NC(C)/C(N)=N/O)ccc1F. The zero-order chi connectivity index (χ0) is 12.1. The third-order valence-electron chi connectivity index (χ3n) is 2.09. The highest BCUT2D eigenvalue weighted by Gasteiger charge is 2.09. The number of ether oxygens (including phenoxy) is 1. The van der Waals surface area contributed by atoms with E-state index >= 15 is 0 Å². The van der Waals surface area contributed by atoms with Crippen molar-refractivity contribution in [2.45, 2.75) is 13.0 Å². The second kappa shape index (κ2) is 5.20. The van der Waals surface area contributed by atoms with Gasteiger partial charge in [-0.05, 0) is 19.1 Å². The molecule has 88 valence electrons. The molecule has 4 N–H and O–H groups in total. The minimum atomic E-state index is -0.440. The Balaban J connectivity index is 2.82. The van der Waals surface area contributed by atoms with Crippen molar-refractivity contribution >= 4 is 11.5 Å². The fraction of sp³-hybridized carbons (Fsp3) is 0.300. The molecule has 1 rings (SSSR count). The Morgan fingerprint density at radius 3 is 2.88 bits per heavy atom. The minimum Gasteiger partial charge on any atom is -0.494 e. The quantitative estimate of drug-likeness (QED) is 0.314. The number of nitrogens with two attached hydrogens (primary N) is 1. The Bertz CT molecular complexity index is 396. The fourth-order valence-corrected chi connectivity index (χ4v) is 1.16. The number of nitrogens with one attached hydrogen (secondary N) is 1. The van der Waals surface area contributed by atoms with Gasteiger partial charge in [0.15, 0.2) is 17.4 Å². The first-order valence-corrected chi connectivity index (χ1v) is 4.66. The molecule has 16 heavy (non-hydrogen) atoms. The van der Waals surface area contributed by atoms with Crippen LogP contribution < -0.4 is 15.8 Å². The van der Waals surface area contributed by atoms with Crippen LogP contribution in [0.1, 0.15) is 6.92 Å². The second-order valence-electron chi connectivity index (χ2n) is 3.24. The van der Waals surface area contributed by atoms with Gasteiger partial charge in [-0.15, -0.1) is 0 Å². The summed E-state index contributed by atoms with van der Waals surface area (Å²) in [5.41, 5.74) is 6.02. The number of nitrogens with zero attached hydrogens (tertiary/aromatic N) is 1. The predicted octanol–water partition coefficient (Wildman–Crippen LogP) is 1.38. The second-order valence-corrected chi connectivity index (χ2v) is 3.24. The number of anilines is 1. The lowest BCUT2D eigenvalue weighted by atomic mass is 10.2. The van der Waals surface area contributed by atoms with Crippen LogP contribution in [0.3, 0.4) is 0 Å². The van der Waals surface area contributed by atoms with Gasteiger partial charge in [-0.2, -0.15) is 0 Å². The van der Waals surface area contributed by atoms with Crippen molar-refractivity contribution in [2.24, 2.45) is 10.9 Å². The number of oxime groups is 1. The number of methoxy groups -OCH3 is 1. The van der Waals surface area contributed by atoms with E-state index in [1.54, 1.807) is 13.0 Å². The molecule has 0 aliphatic rings. The third-order valence-corrected chi connectivity index (χ3v) is 2.09. The van der Waals surface area contributed by atoms with Gasteiger partial charge in [0.25, 0.3) is 0 Å². The van der Waals surface area contributed by atoms with Crippen LogP contribution in [0, 0.1) is 5.82 Å². The standard InChI is InChI=1S/C10H14FN3O2/c1-6(10(12)14-15)13-7-3-4-8(11)9(5-7)16-2/h3-6,13,15H,1-2H3,(H2,12,14). The number of halogens is 1. The van der Waals surface area contributed by atoms with Crippen molar-refractivity contribution < 1.29 is 14.3 Å². The molecular formula is C10H14FN3O2. The maximum atomic E-state index is 13.1. The first-order chi connectivity index (χ1) is 7.58. The van der Waals surface area contributed by atoms with Crippen LogP contribution in [0.5, 0.6) is 5.75 Å². The first kappa shape index (κ1) is 12.1. The lowest BCUT2D eigenvalue weighted by Crippen LogP contribution is -2.32. The summed E-state index contributed by atoms with van der Waals surface area (Å²) in [5.74, 6) is -0.260. The molecule has 5 nitrogen and oxygen atoms in total. The van der Waals surface area contributed by atoms with Crippen molar-refractivity contribution in [3.8, 4) is 5.75 Å². The highest BCUT2D eigenvalue weighted by atomic mass is 19.1. The van der Waals surface area contributed by atoms with Crippen LogP contribution in [-0.4, -0.2) is 24.2 Å². The predicted molar refractivity (Wildman–Crippen MR) is 59.4 cm³/mol. The van der Waals surface area contributed by atoms with E-state index in [1.807, 2.05) is 0 Å². The van der Waals surface area contributed by atoms with Crippen LogP contribution in [0.15, 0.2) is 23.4 Å². The van der Waals surface area contributed by atoms with E-state index in [2.05, 4.69) is 10.5 Å². The molecular weight excluding hydrogens is 213 g/mol. The molecule has 0 aromatic heterocycles. The fourth-order valence-electron chi connectivity index (χ4n) is 1.16. The highest BCUT2D eigenvalue weighted by molar-refractivity contribution is 5.87. The summed E-state index contributed by atoms with van der Waals surface area (Å²) in [5, 5.41) is 14.3. The summed E-state index contributed by atoms with van der Waals surface area (Å²) in [6.07, 6.45) is 0. The smallest absolute Gasteiger partial charge is 0.165 e. The maximum Gasteiger partial charge on any atom is 0.165 e. The van der Waals surface area contributed by atoms with Crippen molar-refractivity contribution in [3.63, 3.8) is 0 Å². The van der Waals surface area contributed by atoms with E-state index in [4.69, 9.17) is 15.7 Å². The average Bonchev–Trinajstić information content (AvgIpc) is 2.30. The number of hydrogen-bond acceptors (Lipinski definition) is 4. The van der Waals surface area contributed by atoms with Crippen LogP contribution in [0.2, 0.25) is 0 Å². The van der Waals surface area contributed by atoms with Gasteiger partial charge in [0.05, 0.1) is 13.2 Å². The van der Waals surface area contributed by atoms with Crippen molar-refractivity contribution in [3.05, 3.63) is 24.0 Å². The Hall–Kier alpha value is -1.98. The molecule has 0 saturated carbocycles. The zero-order valence-corrected chi connectivity index (χ0v) is 9.07. The van der Waals surface area contributed by atoms with Gasteiger partial charge in [0.1, 0.15) is 0 Å². The number of rotatable bonds is 4. The normalized spacial score (nSPS) is 13.3. The molecule has 0 radical (unpaired) electrons. The van der Waals surface area contributed by atoms with E-state index < -0.39 is 5.82 Å². The van der Waals surface area contributed by atoms with Crippen LogP contribution in [0.25, 0.3) is 0 Å². The summed E-state index contributed by atoms with van der Waals surface area (Å²) in [6, 6.07) is 3.95. The molecule has 6 heteroatoms. The molecule has 0 aliphatic carbocycles. The summed E-state index contributed by atoms with van der Waals surface area (Å²) in [4.78, 5) is 0. The molecule has 1 unspecified atom stereocenters. The van der Waals surface area contributed by atoms with Crippen molar-refractivity contribution in [1.82, 2.24) is 0 Å². The number of benzene rings is 1. The molecule has 1 atom stereocenters. The topological polar surface area (TPSA) is 79.9 Å². The van der Waals surface area contributed by atoms with Crippen LogP contribution in [-0.2, 0) is 0 Å². The van der Waals surface area contributed by atoms with Gasteiger partial charge in [-0.1, -0.05) is 5.16 Å². The molecule has 1 aromatic rings. The van der Waals surface area contributed by atoms with Crippen molar-refractivity contribution in [1.29, 1.82) is 0 Å². The van der Waals surface area contributed by atoms with E-state index in [0.29, 0.717) is 5.69 Å². The molecule has 0 saturated heterocycles. The average molecular weight is 227 g/mol. The minimum absolute atomic E-state index is 0.0447. The van der Waals surface area contributed by atoms with E-state index in [9.17, 15) is 4.39 Å². The van der Waals surface area contributed by atoms with E-state index in [1.165, 1.54) is 19.2 Å². The molecule has 0 fully saturated rings.